The van der Waals surface area contributed by atoms with Crippen LogP contribution in [0.25, 0.3) is 0 Å². The van der Waals surface area contributed by atoms with Gasteiger partial charge >= 0.3 is 0 Å². The van der Waals surface area contributed by atoms with E-state index in [0.717, 1.165) is 0 Å². The van der Waals surface area contributed by atoms with Gasteiger partial charge in [0.05, 0.1) is 17.6 Å². The zero-order valence-corrected chi connectivity index (χ0v) is 13.7. The average Bonchev–Trinajstić information content (AvgIpc) is 2.58. The summed E-state index contributed by atoms with van der Waals surface area (Å²) in [4.78, 5) is 24.4. The zero-order chi connectivity index (χ0) is 17.5. The number of nitrogens with one attached hydrogen (secondary N) is 2. The van der Waals surface area contributed by atoms with Crippen molar-refractivity contribution < 1.29 is 14.0 Å². The summed E-state index contributed by atoms with van der Waals surface area (Å²) in [7, 11) is 0. The lowest BCUT2D eigenvalue weighted by atomic mass is 10.1. The van der Waals surface area contributed by atoms with Crippen LogP contribution in [-0.4, -0.2) is 11.8 Å². The summed E-state index contributed by atoms with van der Waals surface area (Å²) in [6, 6.07) is 13.2. The summed E-state index contributed by atoms with van der Waals surface area (Å²) in [6.07, 6.45) is 0.521. The van der Waals surface area contributed by atoms with Crippen LogP contribution in [0.3, 0.4) is 0 Å². The van der Waals surface area contributed by atoms with Crippen LogP contribution in [0.15, 0.2) is 60.4 Å². The Kier molecular flexibility index (Phi) is 6.09. The van der Waals surface area contributed by atoms with Gasteiger partial charge in [-0.3, -0.25) is 9.59 Å². The fourth-order valence-electron chi connectivity index (χ4n) is 2.01. The number of benzene rings is 2. The van der Waals surface area contributed by atoms with Crippen molar-refractivity contribution in [2.45, 2.75) is 13.3 Å². The van der Waals surface area contributed by atoms with Crippen LogP contribution in [0.5, 0.6) is 0 Å². The predicted octanol–water partition coefficient (Wildman–Crippen LogP) is 4.79. The number of halogens is 2. The first-order chi connectivity index (χ1) is 11.5. The molecule has 24 heavy (non-hydrogen) atoms. The van der Waals surface area contributed by atoms with E-state index in [4.69, 9.17) is 11.6 Å². The van der Waals surface area contributed by atoms with Gasteiger partial charge in [0.15, 0.2) is 0 Å². The lowest BCUT2D eigenvalue weighted by Crippen LogP contribution is -2.19. The monoisotopic (exact) mass is 346 g/mol. The van der Waals surface area contributed by atoms with Crippen molar-refractivity contribution in [1.29, 1.82) is 0 Å². The van der Waals surface area contributed by atoms with Gasteiger partial charge in [-0.05, 0) is 42.8 Å². The van der Waals surface area contributed by atoms with E-state index < -0.39 is 11.8 Å². The minimum Gasteiger partial charge on any atom is -0.322 e. The van der Waals surface area contributed by atoms with Gasteiger partial charge in [-0.1, -0.05) is 30.7 Å². The number of carbonyl (C=O) groups excluding carboxylic acids is 2. The second-order valence-electron chi connectivity index (χ2n) is 4.95. The molecule has 0 fully saturated rings. The molecule has 0 heterocycles. The Balaban J connectivity index is 2.20. The first-order valence-electron chi connectivity index (χ1n) is 7.31. The molecule has 0 saturated carbocycles. The third-order valence-electron chi connectivity index (χ3n) is 3.33. The molecule has 2 N–H and O–H groups in total. The van der Waals surface area contributed by atoms with Crippen molar-refractivity contribution in [2.75, 3.05) is 10.6 Å². The van der Waals surface area contributed by atoms with Gasteiger partial charge in [-0.25, -0.2) is 4.39 Å². The molecular weight excluding hydrogens is 331 g/mol. The number of carbonyl (C=O) groups is 2. The molecule has 0 aliphatic rings. The van der Waals surface area contributed by atoms with E-state index in [1.807, 2.05) is 0 Å². The van der Waals surface area contributed by atoms with E-state index >= 15 is 0 Å². The SMILES string of the molecule is CC/C(=C/F)C(=O)Nc1ccccc1C(=O)Nc1ccc(Cl)cc1. The van der Waals surface area contributed by atoms with Gasteiger partial charge in [0, 0.05) is 16.3 Å². The van der Waals surface area contributed by atoms with Gasteiger partial charge in [0.25, 0.3) is 11.8 Å². The molecule has 124 valence electrons. The molecule has 0 atom stereocenters. The maximum atomic E-state index is 12.7. The Hall–Kier alpha value is -2.66. The molecule has 0 aliphatic carbocycles. The van der Waals surface area contributed by atoms with Gasteiger partial charge < -0.3 is 10.6 Å². The number of hydrogen-bond acceptors (Lipinski definition) is 2. The van der Waals surface area contributed by atoms with E-state index in [1.165, 1.54) is 0 Å². The predicted molar refractivity (Wildman–Crippen MR) is 94.0 cm³/mol. The van der Waals surface area contributed by atoms with Crippen LogP contribution in [0, 0.1) is 0 Å². The molecule has 2 aromatic carbocycles. The van der Waals surface area contributed by atoms with Crippen molar-refractivity contribution in [2.24, 2.45) is 0 Å². The first-order valence-corrected chi connectivity index (χ1v) is 7.69. The highest BCUT2D eigenvalue weighted by Crippen LogP contribution is 2.20. The number of amides is 2. The molecule has 0 radical (unpaired) electrons. The normalized spacial score (nSPS) is 11.0. The van der Waals surface area contributed by atoms with E-state index in [9.17, 15) is 14.0 Å². The Morgan fingerprint density at radius 2 is 1.75 bits per heavy atom. The second kappa shape index (κ2) is 8.26. The Bertz CT molecular complexity index is 773. The average molecular weight is 347 g/mol. The Labute approximate surface area is 144 Å². The van der Waals surface area contributed by atoms with Gasteiger partial charge in [0.1, 0.15) is 0 Å². The maximum Gasteiger partial charge on any atom is 0.257 e. The fraction of sp³-hybridized carbons (Fsp3) is 0.111. The van der Waals surface area contributed by atoms with Crippen molar-refractivity contribution in [3.8, 4) is 0 Å². The summed E-state index contributed by atoms with van der Waals surface area (Å²) < 4.78 is 12.7. The molecule has 0 bridgehead atoms. The highest BCUT2D eigenvalue weighted by atomic mass is 35.5. The number of anilines is 2. The van der Waals surface area contributed by atoms with Crippen LogP contribution in [-0.2, 0) is 4.79 Å². The van der Waals surface area contributed by atoms with Crippen molar-refractivity contribution in [3.63, 3.8) is 0 Å². The van der Waals surface area contributed by atoms with Gasteiger partial charge in [0.2, 0.25) is 0 Å². The topological polar surface area (TPSA) is 58.2 Å². The maximum absolute atomic E-state index is 12.7. The molecule has 2 amide bonds. The Morgan fingerprint density at radius 1 is 1.08 bits per heavy atom. The molecule has 6 heteroatoms. The lowest BCUT2D eigenvalue weighted by molar-refractivity contribution is -0.113. The van der Waals surface area contributed by atoms with Crippen LogP contribution in [0.2, 0.25) is 5.02 Å². The number of rotatable bonds is 5. The van der Waals surface area contributed by atoms with E-state index in [0.29, 0.717) is 16.4 Å². The Morgan fingerprint density at radius 3 is 2.38 bits per heavy atom. The summed E-state index contributed by atoms with van der Waals surface area (Å²) in [5, 5.41) is 5.84. The molecule has 4 nitrogen and oxygen atoms in total. The third-order valence-corrected chi connectivity index (χ3v) is 3.58. The van der Waals surface area contributed by atoms with Crippen LogP contribution in [0.4, 0.5) is 15.8 Å². The zero-order valence-electron chi connectivity index (χ0n) is 13.0. The second-order valence-corrected chi connectivity index (χ2v) is 5.39. The quantitative estimate of drug-likeness (QED) is 0.764. The summed E-state index contributed by atoms with van der Waals surface area (Å²) in [6.45, 7) is 1.67. The highest BCUT2D eigenvalue weighted by molar-refractivity contribution is 6.30. The molecule has 0 aliphatic heterocycles. The molecule has 0 saturated heterocycles. The number of hydrogen-bond donors (Lipinski definition) is 2. The van der Waals surface area contributed by atoms with Crippen LogP contribution >= 0.6 is 11.6 Å². The van der Waals surface area contributed by atoms with Crippen molar-refractivity contribution in [1.82, 2.24) is 0 Å². The molecule has 2 rings (SSSR count). The minimum atomic E-state index is -0.577. The van der Waals surface area contributed by atoms with E-state index in [2.05, 4.69) is 10.6 Å². The molecular formula is C18H16ClFN2O2. The lowest BCUT2D eigenvalue weighted by Gasteiger charge is -2.12. The molecule has 0 aromatic heterocycles. The van der Waals surface area contributed by atoms with Crippen LogP contribution < -0.4 is 10.6 Å². The van der Waals surface area contributed by atoms with Gasteiger partial charge in [-0.2, -0.15) is 0 Å². The van der Waals surface area contributed by atoms with Gasteiger partial charge in [-0.15, -0.1) is 0 Å². The van der Waals surface area contributed by atoms with Crippen LogP contribution in [0.1, 0.15) is 23.7 Å². The molecule has 0 unspecified atom stereocenters. The first kappa shape index (κ1) is 17.7. The molecule has 2 aromatic rings. The highest BCUT2D eigenvalue weighted by Gasteiger charge is 2.15. The fourth-order valence-corrected chi connectivity index (χ4v) is 2.14. The third kappa shape index (κ3) is 4.43. The number of para-hydroxylation sites is 1. The smallest absolute Gasteiger partial charge is 0.257 e. The standard InChI is InChI=1S/C18H16ClFN2O2/c1-2-12(11-20)17(23)22-16-6-4-3-5-15(16)18(24)21-14-9-7-13(19)8-10-14/h3-11H,2H2,1H3,(H,21,24)(H,22,23)/b12-11-. The summed E-state index contributed by atoms with van der Waals surface area (Å²) in [5.74, 6) is -0.970. The van der Waals surface area contributed by atoms with E-state index in [-0.39, 0.29) is 23.9 Å². The molecule has 0 spiro atoms. The minimum absolute atomic E-state index is 0.00270. The summed E-state index contributed by atoms with van der Waals surface area (Å²) in [5.41, 5.74) is 1.16. The largest absolute Gasteiger partial charge is 0.322 e. The van der Waals surface area contributed by atoms with Crippen molar-refractivity contribution in [3.05, 3.63) is 71.0 Å². The van der Waals surface area contributed by atoms with E-state index in [1.54, 1.807) is 55.5 Å². The van der Waals surface area contributed by atoms with Crippen molar-refractivity contribution >= 4 is 34.8 Å². The summed E-state index contributed by atoms with van der Waals surface area (Å²) >= 11 is 5.81.